The minimum absolute atomic E-state index is 0.431. The van der Waals surface area contributed by atoms with Crippen molar-refractivity contribution >= 4 is 5.96 Å². The second kappa shape index (κ2) is 10.2. The molecule has 0 saturated heterocycles. The first-order chi connectivity index (χ1) is 10.2. The lowest BCUT2D eigenvalue weighted by atomic mass is 10.0. The number of nitrogens with zero attached hydrogens (tertiary/aromatic N) is 2. The zero-order valence-electron chi connectivity index (χ0n) is 13.9. The molecule has 0 spiro atoms. The van der Waals surface area contributed by atoms with Crippen molar-refractivity contribution in [3.63, 3.8) is 0 Å². The molecule has 0 aliphatic rings. The molecule has 2 N–H and O–H groups in total. The molecular formula is C17H30N4. The predicted molar refractivity (Wildman–Crippen MR) is 92.0 cm³/mol. The normalized spacial score (nSPS) is 13.3. The molecule has 0 radical (unpaired) electrons. The van der Waals surface area contributed by atoms with Gasteiger partial charge in [-0.15, -0.1) is 0 Å². The van der Waals surface area contributed by atoms with Gasteiger partial charge in [0.15, 0.2) is 5.96 Å². The summed E-state index contributed by atoms with van der Waals surface area (Å²) >= 11 is 0. The summed E-state index contributed by atoms with van der Waals surface area (Å²) in [7, 11) is 2.13. The molecule has 0 amide bonds. The summed E-state index contributed by atoms with van der Waals surface area (Å²) < 4.78 is 0. The highest BCUT2D eigenvalue weighted by molar-refractivity contribution is 5.79. The van der Waals surface area contributed by atoms with Gasteiger partial charge in [0.1, 0.15) is 0 Å². The van der Waals surface area contributed by atoms with Crippen LogP contribution in [0.1, 0.15) is 32.3 Å². The van der Waals surface area contributed by atoms with Gasteiger partial charge in [-0.05, 0) is 26.1 Å². The van der Waals surface area contributed by atoms with E-state index in [4.69, 9.17) is 0 Å². The highest BCUT2D eigenvalue weighted by atomic mass is 15.2. The van der Waals surface area contributed by atoms with E-state index in [1.165, 1.54) is 5.56 Å². The van der Waals surface area contributed by atoms with Gasteiger partial charge < -0.3 is 15.5 Å². The maximum absolute atomic E-state index is 4.69. The number of nitrogens with one attached hydrogen (secondary N) is 2. The van der Waals surface area contributed by atoms with Crippen LogP contribution in [0.5, 0.6) is 0 Å². The maximum Gasteiger partial charge on any atom is 0.191 e. The monoisotopic (exact) mass is 290 g/mol. The number of aliphatic imine (C=N–C) groups is 1. The molecule has 1 atom stereocenters. The van der Waals surface area contributed by atoms with E-state index in [1.807, 2.05) is 0 Å². The third-order valence-electron chi connectivity index (χ3n) is 3.56. The smallest absolute Gasteiger partial charge is 0.191 e. The van der Waals surface area contributed by atoms with E-state index in [9.17, 15) is 0 Å². The summed E-state index contributed by atoms with van der Waals surface area (Å²) in [5.41, 5.74) is 1.34. The van der Waals surface area contributed by atoms with Crippen molar-refractivity contribution in [3.8, 4) is 0 Å². The third kappa shape index (κ3) is 7.14. The van der Waals surface area contributed by atoms with E-state index in [0.717, 1.165) is 38.7 Å². The Hall–Kier alpha value is -1.55. The molecule has 0 aliphatic carbocycles. The lowest BCUT2D eigenvalue weighted by Crippen LogP contribution is -2.41. The van der Waals surface area contributed by atoms with Crippen LogP contribution < -0.4 is 10.6 Å². The van der Waals surface area contributed by atoms with Crippen molar-refractivity contribution in [2.45, 2.75) is 26.7 Å². The Morgan fingerprint density at radius 1 is 1.19 bits per heavy atom. The minimum atomic E-state index is 0.431. The Kier molecular flexibility index (Phi) is 8.51. The lowest BCUT2D eigenvalue weighted by molar-refractivity contribution is 0.357. The number of rotatable bonds is 8. The van der Waals surface area contributed by atoms with Crippen molar-refractivity contribution in [2.24, 2.45) is 4.99 Å². The second-order valence-electron chi connectivity index (χ2n) is 5.35. The topological polar surface area (TPSA) is 39.7 Å². The van der Waals surface area contributed by atoms with Crippen LogP contribution in [0.3, 0.4) is 0 Å². The van der Waals surface area contributed by atoms with E-state index in [-0.39, 0.29) is 0 Å². The minimum Gasteiger partial charge on any atom is -0.357 e. The molecule has 21 heavy (non-hydrogen) atoms. The highest BCUT2D eigenvalue weighted by Crippen LogP contribution is 2.14. The molecule has 0 fully saturated rings. The van der Waals surface area contributed by atoms with Crippen LogP contribution in [0.15, 0.2) is 35.3 Å². The van der Waals surface area contributed by atoms with Gasteiger partial charge in [-0.2, -0.15) is 0 Å². The van der Waals surface area contributed by atoms with Crippen LogP contribution in [0.2, 0.25) is 0 Å². The second-order valence-corrected chi connectivity index (χ2v) is 5.35. The van der Waals surface area contributed by atoms with E-state index in [0.29, 0.717) is 5.92 Å². The molecule has 0 aromatic heterocycles. The Morgan fingerprint density at radius 2 is 1.90 bits per heavy atom. The van der Waals surface area contributed by atoms with E-state index >= 15 is 0 Å². The van der Waals surface area contributed by atoms with Gasteiger partial charge in [-0.1, -0.05) is 44.2 Å². The van der Waals surface area contributed by atoms with Crippen molar-refractivity contribution in [1.82, 2.24) is 15.5 Å². The fourth-order valence-corrected chi connectivity index (χ4v) is 1.98. The van der Waals surface area contributed by atoms with Gasteiger partial charge in [0.05, 0.1) is 0 Å². The number of likely N-dealkylation sites (N-methyl/N-ethyl adjacent to an activating group) is 1. The predicted octanol–water partition coefficient (Wildman–Crippen LogP) is 2.30. The molecule has 1 unspecified atom stereocenters. The van der Waals surface area contributed by atoms with E-state index in [1.54, 1.807) is 0 Å². The standard InChI is InChI=1S/C17H30N4/c1-5-18-17(19-12-13-21(4)6-2)20-14-15(3)16-10-8-7-9-11-16/h7-11,15H,5-6,12-14H2,1-4H3,(H2,18,19,20). The molecule has 4 heteroatoms. The summed E-state index contributed by atoms with van der Waals surface area (Å²) in [6, 6.07) is 10.5. The number of hydrogen-bond acceptors (Lipinski definition) is 2. The van der Waals surface area contributed by atoms with Crippen LogP contribution in [0.4, 0.5) is 0 Å². The van der Waals surface area contributed by atoms with E-state index in [2.05, 4.69) is 78.7 Å². The molecule has 0 saturated carbocycles. The first-order valence-corrected chi connectivity index (χ1v) is 7.93. The van der Waals surface area contributed by atoms with Crippen molar-refractivity contribution < 1.29 is 0 Å². The lowest BCUT2D eigenvalue weighted by Gasteiger charge is -2.17. The van der Waals surface area contributed by atoms with Gasteiger partial charge in [-0.3, -0.25) is 4.99 Å². The number of benzene rings is 1. The fraction of sp³-hybridized carbons (Fsp3) is 0.588. The molecule has 1 rings (SSSR count). The Labute approximate surface area is 129 Å². The summed E-state index contributed by atoms with van der Waals surface area (Å²) in [6.07, 6.45) is 0. The van der Waals surface area contributed by atoms with Gasteiger partial charge in [0.2, 0.25) is 0 Å². The third-order valence-corrected chi connectivity index (χ3v) is 3.56. The highest BCUT2D eigenvalue weighted by Gasteiger charge is 2.05. The number of hydrogen-bond donors (Lipinski definition) is 2. The zero-order valence-corrected chi connectivity index (χ0v) is 13.9. The Bertz CT molecular complexity index is 403. The fourth-order valence-electron chi connectivity index (χ4n) is 1.98. The van der Waals surface area contributed by atoms with Crippen molar-refractivity contribution in [3.05, 3.63) is 35.9 Å². The maximum atomic E-state index is 4.69. The number of guanidine groups is 1. The van der Waals surface area contributed by atoms with Crippen LogP contribution in [-0.4, -0.2) is 50.6 Å². The summed E-state index contributed by atoms with van der Waals surface area (Å²) in [5.74, 6) is 1.34. The Balaban J connectivity index is 2.47. The molecule has 4 nitrogen and oxygen atoms in total. The molecule has 0 aliphatic heterocycles. The van der Waals surface area contributed by atoms with Crippen molar-refractivity contribution in [1.29, 1.82) is 0 Å². The SMILES string of the molecule is CCNC(=NCC(C)c1ccccc1)NCCN(C)CC. The zero-order chi connectivity index (χ0) is 15.5. The molecular weight excluding hydrogens is 260 g/mol. The molecule has 0 heterocycles. The summed E-state index contributed by atoms with van der Waals surface area (Å²) in [4.78, 5) is 6.97. The van der Waals surface area contributed by atoms with Crippen LogP contribution in [-0.2, 0) is 0 Å². The van der Waals surface area contributed by atoms with Gasteiger partial charge in [0, 0.05) is 32.1 Å². The largest absolute Gasteiger partial charge is 0.357 e. The first-order valence-electron chi connectivity index (χ1n) is 7.93. The van der Waals surface area contributed by atoms with Crippen LogP contribution >= 0.6 is 0 Å². The average Bonchev–Trinajstić information content (AvgIpc) is 2.52. The van der Waals surface area contributed by atoms with Gasteiger partial charge in [0.25, 0.3) is 0 Å². The molecule has 1 aromatic carbocycles. The molecule has 0 bridgehead atoms. The summed E-state index contributed by atoms with van der Waals surface area (Å²) in [6.45, 7) is 11.2. The van der Waals surface area contributed by atoms with Crippen molar-refractivity contribution in [2.75, 3.05) is 39.8 Å². The van der Waals surface area contributed by atoms with Gasteiger partial charge in [-0.25, -0.2) is 0 Å². The average molecular weight is 290 g/mol. The Morgan fingerprint density at radius 3 is 2.52 bits per heavy atom. The molecule has 1 aromatic rings. The van der Waals surface area contributed by atoms with Gasteiger partial charge >= 0.3 is 0 Å². The summed E-state index contributed by atoms with van der Waals surface area (Å²) in [5, 5.41) is 6.69. The van der Waals surface area contributed by atoms with Crippen LogP contribution in [0, 0.1) is 0 Å². The van der Waals surface area contributed by atoms with E-state index < -0.39 is 0 Å². The first kappa shape index (κ1) is 17.5. The quantitative estimate of drug-likeness (QED) is 0.570. The van der Waals surface area contributed by atoms with Crippen LogP contribution in [0.25, 0.3) is 0 Å². The molecule has 118 valence electrons.